The van der Waals surface area contributed by atoms with Crippen LogP contribution in [0.1, 0.15) is 82.0 Å². The number of halogens is 3. The van der Waals surface area contributed by atoms with E-state index in [0.717, 1.165) is 0 Å². The van der Waals surface area contributed by atoms with Gasteiger partial charge >= 0.3 is 5.97 Å². The lowest BCUT2D eigenvalue weighted by Gasteiger charge is -2.29. The molecule has 0 N–H and O–H groups in total. The van der Waals surface area contributed by atoms with E-state index in [1.807, 2.05) is 34.6 Å². The van der Waals surface area contributed by atoms with Gasteiger partial charge in [-0.3, -0.25) is 14.0 Å². The second-order valence-electron chi connectivity index (χ2n) is 10.6. The highest BCUT2D eigenvalue weighted by molar-refractivity contribution is 9.10. The molecule has 9 heteroatoms. The number of carbonyl (C=O) groups is 2. The molecule has 1 aromatic carbocycles. The fourth-order valence-corrected chi connectivity index (χ4v) is 4.52. The number of nitrogens with zero attached hydrogens (tertiary/aromatic N) is 2. The third-order valence-electron chi connectivity index (χ3n) is 6.33. The molecule has 0 amide bonds. The summed E-state index contributed by atoms with van der Waals surface area (Å²) in [7, 11) is 0. The zero-order chi connectivity index (χ0) is 27.5. The fourth-order valence-electron chi connectivity index (χ4n) is 4.11. The van der Waals surface area contributed by atoms with E-state index in [0.29, 0.717) is 34.3 Å². The van der Waals surface area contributed by atoms with Crippen LogP contribution in [0, 0.1) is 24.0 Å². The van der Waals surface area contributed by atoms with Crippen LogP contribution in [-0.2, 0) is 16.1 Å². The summed E-state index contributed by atoms with van der Waals surface area (Å²) in [6, 6.07) is 5.27. The smallest absolute Gasteiger partial charge is 0.306 e. The molecule has 0 radical (unpaired) electrons. The van der Waals surface area contributed by atoms with E-state index in [4.69, 9.17) is 9.47 Å². The van der Waals surface area contributed by atoms with Crippen molar-refractivity contribution in [3.8, 4) is 5.75 Å². The number of esters is 1. The first-order valence-electron chi connectivity index (χ1n) is 12.2. The Kier molecular flexibility index (Phi) is 8.78. The van der Waals surface area contributed by atoms with Crippen molar-refractivity contribution in [1.82, 2.24) is 9.38 Å². The molecule has 0 aliphatic rings. The molecule has 6 nitrogen and oxygen atoms in total. The lowest BCUT2D eigenvalue weighted by molar-refractivity contribution is -0.157. The molecule has 0 aliphatic carbocycles. The van der Waals surface area contributed by atoms with Crippen LogP contribution in [0.15, 0.2) is 34.9 Å². The zero-order valence-corrected chi connectivity index (χ0v) is 23.7. The number of ether oxygens (including phenoxy) is 2. The molecule has 2 heterocycles. The second kappa shape index (κ2) is 11.3. The first-order valence-corrected chi connectivity index (χ1v) is 13.0. The number of imidazole rings is 1. The summed E-state index contributed by atoms with van der Waals surface area (Å²) in [6.07, 6.45) is 3.35. The first kappa shape index (κ1) is 28.8. The summed E-state index contributed by atoms with van der Waals surface area (Å²) in [5.74, 6) is -1.54. The van der Waals surface area contributed by atoms with E-state index < -0.39 is 22.7 Å². The van der Waals surface area contributed by atoms with Gasteiger partial charge in [0.2, 0.25) is 0 Å². The van der Waals surface area contributed by atoms with Crippen LogP contribution in [0.5, 0.6) is 5.75 Å². The number of aromatic nitrogens is 2. The van der Waals surface area contributed by atoms with Crippen molar-refractivity contribution in [3.63, 3.8) is 0 Å². The summed E-state index contributed by atoms with van der Waals surface area (Å²) in [4.78, 5) is 30.3. The maximum absolute atomic E-state index is 14.1. The number of aryl methyl sites for hydroxylation is 1. The Bertz CT molecular complexity index is 1300. The van der Waals surface area contributed by atoms with Crippen LogP contribution in [0.25, 0.3) is 5.65 Å². The number of Topliss-reactive ketones (excluding diaryl/α,β-unsaturated/α-hetero) is 1. The van der Waals surface area contributed by atoms with Gasteiger partial charge in [0.05, 0.1) is 17.7 Å². The Morgan fingerprint density at radius 2 is 1.78 bits per heavy atom. The molecule has 3 aromatic rings. The monoisotopic (exact) mass is 578 g/mol. The third-order valence-corrected chi connectivity index (χ3v) is 6.76. The zero-order valence-electron chi connectivity index (χ0n) is 22.1. The van der Waals surface area contributed by atoms with Crippen molar-refractivity contribution >= 4 is 33.3 Å². The van der Waals surface area contributed by atoms with E-state index in [9.17, 15) is 18.4 Å². The lowest BCUT2D eigenvalue weighted by Crippen LogP contribution is -2.29. The predicted octanol–water partition coefficient (Wildman–Crippen LogP) is 7.37. The van der Waals surface area contributed by atoms with Gasteiger partial charge in [-0.2, -0.15) is 0 Å². The molecule has 200 valence electrons. The molecule has 0 fully saturated rings. The Labute approximate surface area is 224 Å². The highest BCUT2D eigenvalue weighted by Gasteiger charge is 2.30. The van der Waals surface area contributed by atoms with Gasteiger partial charge in [0.25, 0.3) is 0 Å². The SMILES string of the molecule is CCC(C)(CCC(=O)c1c(C)nc2c(OCc3c(F)cccc3F)cc(Br)cn12)CC(=O)OC(C)(C)C. The maximum atomic E-state index is 14.1. The molecule has 0 saturated heterocycles. The maximum Gasteiger partial charge on any atom is 0.306 e. The van der Waals surface area contributed by atoms with E-state index >= 15 is 0 Å². The van der Waals surface area contributed by atoms with Gasteiger partial charge in [-0.15, -0.1) is 0 Å². The number of ketones is 1. The summed E-state index contributed by atoms with van der Waals surface area (Å²) in [5, 5.41) is 0. The lowest BCUT2D eigenvalue weighted by atomic mass is 9.79. The van der Waals surface area contributed by atoms with Crippen LogP contribution in [0.2, 0.25) is 0 Å². The van der Waals surface area contributed by atoms with Crippen LogP contribution < -0.4 is 4.74 Å². The Hall–Kier alpha value is -2.81. The number of hydrogen-bond acceptors (Lipinski definition) is 5. The van der Waals surface area contributed by atoms with Crippen molar-refractivity contribution in [2.45, 2.75) is 79.4 Å². The predicted molar refractivity (Wildman–Crippen MR) is 141 cm³/mol. The standard InChI is InChI=1S/C28H33BrF2N2O4/c1-7-28(6,14-24(35)37-27(3,4)5)12-11-22(34)25-17(2)32-26-23(13-18(29)15-33(25)26)36-16-19-20(30)9-8-10-21(19)31/h8-10,13,15H,7,11-12,14,16H2,1-6H3. The minimum absolute atomic E-state index is 0.127. The average molecular weight is 579 g/mol. The summed E-state index contributed by atoms with van der Waals surface area (Å²) >= 11 is 3.42. The average Bonchev–Trinajstić information content (AvgIpc) is 3.11. The molecule has 0 bridgehead atoms. The number of benzene rings is 1. The molecule has 1 atom stereocenters. The van der Waals surface area contributed by atoms with Crippen molar-refractivity contribution in [1.29, 1.82) is 0 Å². The van der Waals surface area contributed by atoms with Gasteiger partial charge in [0, 0.05) is 17.1 Å². The van der Waals surface area contributed by atoms with Gasteiger partial charge < -0.3 is 9.47 Å². The molecular formula is C28H33BrF2N2O4. The largest absolute Gasteiger partial charge is 0.485 e. The summed E-state index contributed by atoms with van der Waals surface area (Å²) < 4.78 is 41.6. The minimum Gasteiger partial charge on any atom is -0.485 e. The number of fused-ring (bicyclic) bond motifs is 1. The normalized spacial score (nSPS) is 13.4. The molecule has 3 rings (SSSR count). The topological polar surface area (TPSA) is 69.9 Å². The molecule has 37 heavy (non-hydrogen) atoms. The quantitative estimate of drug-likeness (QED) is 0.185. The van der Waals surface area contributed by atoms with Crippen LogP contribution >= 0.6 is 15.9 Å². The van der Waals surface area contributed by atoms with Crippen LogP contribution in [0.3, 0.4) is 0 Å². The van der Waals surface area contributed by atoms with Crippen LogP contribution in [0.4, 0.5) is 8.78 Å². The highest BCUT2D eigenvalue weighted by atomic mass is 79.9. The molecule has 1 unspecified atom stereocenters. The number of pyridine rings is 1. The van der Waals surface area contributed by atoms with Crippen molar-refractivity contribution in [2.24, 2.45) is 5.41 Å². The Balaban J connectivity index is 1.82. The number of hydrogen-bond donors (Lipinski definition) is 0. The summed E-state index contributed by atoms with van der Waals surface area (Å²) in [5.41, 5.74) is 0.118. The van der Waals surface area contributed by atoms with Crippen molar-refractivity contribution in [3.05, 3.63) is 63.5 Å². The van der Waals surface area contributed by atoms with Crippen molar-refractivity contribution in [2.75, 3.05) is 0 Å². The molecule has 2 aromatic heterocycles. The highest BCUT2D eigenvalue weighted by Crippen LogP contribution is 2.34. The van der Waals surface area contributed by atoms with Crippen molar-refractivity contribution < 1.29 is 27.8 Å². The van der Waals surface area contributed by atoms with Gasteiger partial charge in [0.1, 0.15) is 29.5 Å². The van der Waals surface area contributed by atoms with E-state index in [1.54, 1.807) is 23.6 Å². The third kappa shape index (κ3) is 7.15. The van der Waals surface area contributed by atoms with E-state index in [-0.39, 0.29) is 42.5 Å². The Morgan fingerprint density at radius 3 is 2.38 bits per heavy atom. The van der Waals surface area contributed by atoms with E-state index in [2.05, 4.69) is 20.9 Å². The van der Waals surface area contributed by atoms with Gasteiger partial charge in [-0.05, 0) is 73.7 Å². The molecular weight excluding hydrogens is 546 g/mol. The van der Waals surface area contributed by atoms with Gasteiger partial charge in [0.15, 0.2) is 17.2 Å². The number of carbonyl (C=O) groups excluding carboxylic acids is 2. The first-order chi connectivity index (χ1) is 17.2. The summed E-state index contributed by atoms with van der Waals surface area (Å²) in [6.45, 7) is 10.9. The fraction of sp³-hybridized carbons (Fsp3) is 0.464. The van der Waals surface area contributed by atoms with Gasteiger partial charge in [-0.1, -0.05) is 26.3 Å². The Morgan fingerprint density at radius 1 is 1.14 bits per heavy atom. The van der Waals surface area contributed by atoms with Gasteiger partial charge in [-0.25, -0.2) is 13.8 Å². The number of rotatable bonds is 10. The molecule has 0 saturated carbocycles. The van der Waals surface area contributed by atoms with Crippen LogP contribution in [-0.4, -0.2) is 26.7 Å². The molecule has 0 spiro atoms. The van der Waals surface area contributed by atoms with E-state index in [1.165, 1.54) is 18.2 Å². The minimum atomic E-state index is -0.702. The second-order valence-corrected chi connectivity index (χ2v) is 11.5. The molecule has 0 aliphatic heterocycles.